The quantitative estimate of drug-likeness (QED) is 0.575. The highest BCUT2D eigenvalue weighted by molar-refractivity contribution is 7.89. The van der Waals surface area contributed by atoms with E-state index in [0.717, 1.165) is 12.0 Å². The molecule has 8 heteroatoms. The van der Waals surface area contributed by atoms with Crippen LogP contribution in [0.3, 0.4) is 0 Å². The van der Waals surface area contributed by atoms with Gasteiger partial charge in [0.2, 0.25) is 0 Å². The van der Waals surface area contributed by atoms with Crippen LogP contribution in [-0.4, -0.2) is 27.0 Å². The molecule has 7 nitrogen and oxygen atoms in total. The Morgan fingerprint density at radius 3 is 2.10 bits per heavy atom. The predicted molar refractivity (Wildman–Crippen MR) is 111 cm³/mol. The molecular formula is C21H28N2O5S. The molecule has 158 valence electrons. The Bertz CT molecular complexity index is 896. The van der Waals surface area contributed by atoms with Gasteiger partial charge < -0.3 is 9.47 Å². The molecule has 29 heavy (non-hydrogen) atoms. The summed E-state index contributed by atoms with van der Waals surface area (Å²) in [6.07, 6.45) is 0.0653. The van der Waals surface area contributed by atoms with E-state index in [0.29, 0.717) is 24.0 Å². The molecule has 0 bridgehead atoms. The maximum Gasteiger partial charge on any atom is 0.275 e. The standard InChI is InChI=1S/C21H28N2O5S/c1-5-15(3)17-7-13-20(14-8-17)29(25,26)23-22-21(24)16(4)28-19-11-9-18(10-12-19)27-6-2/h7-16,23H,5-6H2,1-4H3,(H,22,24)/t15-,16+/m0/s1. The van der Waals surface area contributed by atoms with Crippen LogP contribution in [0.15, 0.2) is 53.4 Å². The molecule has 0 radical (unpaired) electrons. The van der Waals surface area contributed by atoms with Gasteiger partial charge in [0.25, 0.3) is 15.9 Å². The highest BCUT2D eigenvalue weighted by Crippen LogP contribution is 2.20. The van der Waals surface area contributed by atoms with Gasteiger partial charge >= 0.3 is 0 Å². The first-order chi connectivity index (χ1) is 13.8. The molecule has 0 aromatic heterocycles. The van der Waals surface area contributed by atoms with Crippen LogP contribution < -0.4 is 19.7 Å². The Hall–Kier alpha value is -2.58. The van der Waals surface area contributed by atoms with E-state index in [9.17, 15) is 13.2 Å². The first-order valence-corrected chi connectivity index (χ1v) is 11.1. The maximum absolute atomic E-state index is 12.4. The van der Waals surface area contributed by atoms with Crippen molar-refractivity contribution in [3.8, 4) is 11.5 Å². The van der Waals surface area contributed by atoms with Crippen LogP contribution >= 0.6 is 0 Å². The topological polar surface area (TPSA) is 93.7 Å². The Labute approximate surface area is 172 Å². The Morgan fingerprint density at radius 1 is 0.966 bits per heavy atom. The van der Waals surface area contributed by atoms with Crippen molar-refractivity contribution < 1.29 is 22.7 Å². The lowest BCUT2D eigenvalue weighted by atomic mass is 9.99. The molecule has 0 fully saturated rings. The van der Waals surface area contributed by atoms with Crippen molar-refractivity contribution in [3.63, 3.8) is 0 Å². The molecule has 0 heterocycles. The van der Waals surface area contributed by atoms with Gasteiger partial charge in [-0.25, -0.2) is 8.42 Å². The fourth-order valence-corrected chi connectivity index (χ4v) is 3.38. The maximum atomic E-state index is 12.4. The Morgan fingerprint density at radius 2 is 1.55 bits per heavy atom. The van der Waals surface area contributed by atoms with Gasteiger partial charge in [-0.2, -0.15) is 0 Å². The lowest BCUT2D eigenvalue weighted by Gasteiger charge is -2.16. The minimum atomic E-state index is -3.88. The Kier molecular flexibility index (Phi) is 8.04. The van der Waals surface area contributed by atoms with Crippen molar-refractivity contribution in [1.29, 1.82) is 0 Å². The van der Waals surface area contributed by atoms with Gasteiger partial charge in [-0.15, -0.1) is 4.83 Å². The molecule has 0 saturated carbocycles. The number of nitrogens with one attached hydrogen (secondary N) is 2. The number of hydrazine groups is 1. The van der Waals surface area contributed by atoms with E-state index in [4.69, 9.17) is 9.47 Å². The molecular weight excluding hydrogens is 392 g/mol. The number of carbonyl (C=O) groups is 1. The van der Waals surface area contributed by atoms with Gasteiger partial charge in [0.15, 0.2) is 6.10 Å². The fraction of sp³-hybridized carbons (Fsp3) is 0.381. The van der Waals surface area contributed by atoms with Crippen molar-refractivity contribution in [2.45, 2.75) is 51.0 Å². The number of sulfonamides is 1. The van der Waals surface area contributed by atoms with E-state index >= 15 is 0 Å². The van der Waals surface area contributed by atoms with Crippen LogP contribution in [0.5, 0.6) is 11.5 Å². The van der Waals surface area contributed by atoms with E-state index in [2.05, 4.69) is 24.1 Å². The van der Waals surface area contributed by atoms with Crippen molar-refractivity contribution in [3.05, 3.63) is 54.1 Å². The van der Waals surface area contributed by atoms with E-state index in [1.807, 2.05) is 6.92 Å². The number of ether oxygens (including phenoxy) is 2. The van der Waals surface area contributed by atoms with Gasteiger partial charge in [0.05, 0.1) is 11.5 Å². The fourth-order valence-electron chi connectivity index (χ4n) is 2.53. The van der Waals surface area contributed by atoms with Gasteiger partial charge in [-0.05, 0) is 68.1 Å². The number of hydrogen-bond acceptors (Lipinski definition) is 5. The molecule has 0 aliphatic rings. The SMILES string of the molecule is CCOc1ccc(O[C@H](C)C(=O)NNS(=O)(=O)c2ccc([C@@H](C)CC)cc2)cc1. The summed E-state index contributed by atoms with van der Waals surface area (Å²) in [5.41, 5.74) is 3.26. The average molecular weight is 421 g/mol. The second kappa shape index (κ2) is 10.3. The molecule has 0 unspecified atom stereocenters. The minimum absolute atomic E-state index is 0.0740. The zero-order chi connectivity index (χ0) is 21.4. The van der Waals surface area contributed by atoms with Crippen LogP contribution in [-0.2, 0) is 14.8 Å². The molecule has 0 saturated heterocycles. The third-order valence-electron chi connectivity index (χ3n) is 4.50. The first kappa shape index (κ1) is 22.7. The summed E-state index contributed by atoms with van der Waals surface area (Å²) in [4.78, 5) is 14.4. The molecule has 2 aromatic rings. The van der Waals surface area contributed by atoms with Crippen LogP contribution in [0, 0.1) is 0 Å². The zero-order valence-electron chi connectivity index (χ0n) is 17.1. The molecule has 2 rings (SSSR count). The molecule has 1 amide bonds. The van der Waals surface area contributed by atoms with Crippen molar-refractivity contribution >= 4 is 15.9 Å². The summed E-state index contributed by atoms with van der Waals surface area (Å²) in [6, 6.07) is 13.4. The lowest BCUT2D eigenvalue weighted by Crippen LogP contribution is -2.47. The number of benzene rings is 2. The highest BCUT2D eigenvalue weighted by Gasteiger charge is 2.19. The second-order valence-corrected chi connectivity index (χ2v) is 8.32. The first-order valence-electron chi connectivity index (χ1n) is 9.58. The summed E-state index contributed by atoms with van der Waals surface area (Å²) >= 11 is 0. The third-order valence-corrected chi connectivity index (χ3v) is 5.76. The van der Waals surface area contributed by atoms with Crippen LogP contribution in [0.4, 0.5) is 0 Å². The van der Waals surface area contributed by atoms with Crippen molar-refractivity contribution in [2.75, 3.05) is 6.61 Å². The van der Waals surface area contributed by atoms with E-state index in [1.54, 1.807) is 36.4 Å². The molecule has 2 atom stereocenters. The van der Waals surface area contributed by atoms with E-state index < -0.39 is 22.0 Å². The van der Waals surface area contributed by atoms with Crippen LogP contribution in [0.25, 0.3) is 0 Å². The number of amides is 1. The molecule has 0 spiro atoms. The smallest absolute Gasteiger partial charge is 0.275 e. The van der Waals surface area contributed by atoms with E-state index in [-0.39, 0.29) is 4.90 Å². The molecule has 0 aliphatic heterocycles. The van der Waals surface area contributed by atoms with Gasteiger partial charge in [-0.1, -0.05) is 26.0 Å². The third kappa shape index (κ3) is 6.47. The second-order valence-electron chi connectivity index (χ2n) is 6.64. The van der Waals surface area contributed by atoms with Crippen molar-refractivity contribution in [1.82, 2.24) is 10.3 Å². The highest BCUT2D eigenvalue weighted by atomic mass is 32.2. The van der Waals surface area contributed by atoms with Crippen LogP contribution in [0.1, 0.15) is 45.6 Å². The molecule has 0 aliphatic carbocycles. The largest absolute Gasteiger partial charge is 0.494 e. The van der Waals surface area contributed by atoms with Gasteiger partial charge in [0, 0.05) is 0 Å². The molecule has 2 N–H and O–H groups in total. The van der Waals surface area contributed by atoms with Gasteiger partial charge in [-0.3, -0.25) is 10.2 Å². The van der Waals surface area contributed by atoms with E-state index in [1.165, 1.54) is 19.1 Å². The lowest BCUT2D eigenvalue weighted by molar-refractivity contribution is -0.127. The summed E-state index contributed by atoms with van der Waals surface area (Å²) in [5.74, 6) is 0.905. The van der Waals surface area contributed by atoms with Gasteiger partial charge in [0.1, 0.15) is 11.5 Å². The average Bonchev–Trinajstić information content (AvgIpc) is 2.73. The normalized spacial score (nSPS) is 13.4. The summed E-state index contributed by atoms with van der Waals surface area (Å²) < 4.78 is 35.7. The predicted octanol–water partition coefficient (Wildman–Crippen LogP) is 3.38. The summed E-state index contributed by atoms with van der Waals surface area (Å²) in [6.45, 7) is 8.12. The number of hydrogen-bond donors (Lipinski definition) is 2. The minimum Gasteiger partial charge on any atom is -0.494 e. The monoisotopic (exact) mass is 420 g/mol. The number of rotatable bonds is 10. The number of carbonyl (C=O) groups excluding carboxylic acids is 1. The summed E-state index contributed by atoms with van der Waals surface area (Å²) in [7, 11) is -3.88. The Balaban J connectivity index is 1.92. The zero-order valence-corrected chi connectivity index (χ0v) is 18.0. The van der Waals surface area contributed by atoms with Crippen molar-refractivity contribution in [2.24, 2.45) is 0 Å². The molecule has 2 aromatic carbocycles. The summed E-state index contributed by atoms with van der Waals surface area (Å²) in [5, 5.41) is 0. The van der Waals surface area contributed by atoms with Crippen LogP contribution in [0.2, 0.25) is 0 Å².